The average molecular weight is 939 g/mol. The first-order valence-electron chi connectivity index (χ1n) is 23.5. The molecule has 0 bridgehead atoms. The lowest BCUT2D eigenvalue weighted by Crippen LogP contribution is -2.70. The molecule has 3 saturated carbocycles. The van der Waals surface area contributed by atoms with E-state index in [9.17, 15) is 39.0 Å². The predicted octanol–water partition coefficient (Wildman–Crippen LogP) is 5.34. The van der Waals surface area contributed by atoms with Gasteiger partial charge < -0.3 is 35.6 Å². The van der Waals surface area contributed by atoms with Crippen LogP contribution in [0.15, 0.2) is 96.8 Å². The normalized spacial score (nSPS) is 33.2. The number of hydrogen-bond acceptors (Lipinski definition) is 11. The lowest BCUT2D eigenvalue weighted by atomic mass is 9.44. The molecule has 2 aromatic rings. The Hall–Kier alpha value is -5.68. The number of aliphatic hydroxyl groups is 2. The van der Waals surface area contributed by atoms with Gasteiger partial charge in [0.15, 0.2) is 29.1 Å². The van der Waals surface area contributed by atoms with Crippen LogP contribution in [0.5, 0.6) is 0 Å². The van der Waals surface area contributed by atoms with E-state index in [-0.39, 0.29) is 42.6 Å². The monoisotopic (exact) mass is 938 g/mol. The van der Waals surface area contributed by atoms with Crippen molar-refractivity contribution in [1.29, 1.82) is 0 Å². The van der Waals surface area contributed by atoms with Crippen molar-refractivity contribution in [1.82, 2.24) is 15.5 Å². The second-order valence-electron chi connectivity index (χ2n) is 19.8. The Balaban J connectivity index is 0.847. The van der Waals surface area contributed by atoms with Gasteiger partial charge >= 0.3 is 0 Å². The van der Waals surface area contributed by atoms with E-state index >= 15 is 8.78 Å². The molecule has 0 radical (unpaired) electrons. The first-order valence-corrected chi connectivity index (χ1v) is 23.5. The molecule has 68 heavy (non-hydrogen) atoms. The second kappa shape index (κ2) is 18.7. The largest absolute Gasteiger partial charge is 0.390 e. The van der Waals surface area contributed by atoms with Crippen molar-refractivity contribution in [2.45, 2.75) is 127 Å². The number of rotatable bonds is 17. The number of alkyl halides is 2. The number of unbranched alkanes of at least 4 members (excludes halogenated alkanes) is 2. The Morgan fingerprint density at radius 2 is 1.62 bits per heavy atom. The molecule has 4 fully saturated rings. The van der Waals surface area contributed by atoms with Crippen molar-refractivity contribution >= 4 is 40.9 Å². The molecule has 12 atom stereocenters. The van der Waals surface area contributed by atoms with Crippen molar-refractivity contribution in [2.24, 2.45) is 22.7 Å². The van der Waals surface area contributed by atoms with Crippen molar-refractivity contribution in [3.8, 4) is 0 Å². The van der Waals surface area contributed by atoms with Crippen molar-refractivity contribution < 1.29 is 57.2 Å². The fraction of sp³-hybridized carbons (Fsp3) is 0.500. The number of Topliss-reactive ketones (excluding diaryl/α,β-unsaturated/α-hetero) is 1. The quantitative estimate of drug-likeness (QED) is 0.101. The Bertz CT molecular complexity index is 2480. The number of halogens is 2. The van der Waals surface area contributed by atoms with Gasteiger partial charge in [-0.3, -0.25) is 33.7 Å². The van der Waals surface area contributed by atoms with Gasteiger partial charge in [0.2, 0.25) is 11.8 Å². The molecule has 0 spiro atoms. The molecule has 16 heteroatoms. The SMILES string of the molecule is C=C(CCCCCN1C(=O)C=CC1=O)N[C@@H](C)C(=O)N[C@@H](C)C(=O)Nc1cccc(Cc2ccc([C@@H]3OC4C[C@H]5[C@@H]6C[C@H](F)C7=CC(=O)C=C[C@]7(C)[C@@]6(F)[C@@H](O)C[C@]5(C)[C@]4(C(=O)CO)O3)cc2)c1. The molecule has 8 rings (SSSR count). The highest BCUT2D eigenvalue weighted by molar-refractivity contribution is 6.12. The molecule has 1 saturated heterocycles. The van der Waals surface area contributed by atoms with Crippen LogP contribution in [-0.4, -0.2) is 105 Å². The van der Waals surface area contributed by atoms with Crippen molar-refractivity contribution in [3.63, 3.8) is 0 Å². The van der Waals surface area contributed by atoms with Gasteiger partial charge in [0.05, 0.1) is 12.2 Å². The number of hydrogen-bond donors (Lipinski definition) is 5. The summed E-state index contributed by atoms with van der Waals surface area (Å²) in [4.78, 5) is 76.9. The predicted molar refractivity (Wildman–Crippen MR) is 246 cm³/mol. The summed E-state index contributed by atoms with van der Waals surface area (Å²) >= 11 is 0. The van der Waals surface area contributed by atoms with Gasteiger partial charge in [-0.1, -0.05) is 62.4 Å². The zero-order valence-electron chi connectivity index (χ0n) is 38.8. The van der Waals surface area contributed by atoms with E-state index in [1.54, 1.807) is 26.8 Å². The lowest BCUT2D eigenvalue weighted by Gasteiger charge is -2.63. The molecular weight excluding hydrogens is 879 g/mol. The van der Waals surface area contributed by atoms with Gasteiger partial charge in [-0.15, -0.1) is 0 Å². The Morgan fingerprint density at radius 1 is 0.912 bits per heavy atom. The van der Waals surface area contributed by atoms with E-state index in [0.29, 0.717) is 42.8 Å². The van der Waals surface area contributed by atoms with Crippen LogP contribution < -0.4 is 16.0 Å². The van der Waals surface area contributed by atoms with Crippen molar-refractivity contribution in [2.75, 3.05) is 18.5 Å². The number of allylic oxidation sites excluding steroid dienone is 5. The maximum absolute atomic E-state index is 17.8. The fourth-order valence-corrected chi connectivity index (χ4v) is 12.0. The summed E-state index contributed by atoms with van der Waals surface area (Å²) in [6.07, 6.45) is 3.88. The topological polar surface area (TPSA) is 201 Å². The summed E-state index contributed by atoms with van der Waals surface area (Å²) in [6.45, 7) is 10.0. The van der Waals surface area contributed by atoms with Gasteiger partial charge in [0.25, 0.3) is 11.8 Å². The maximum atomic E-state index is 17.8. The first-order chi connectivity index (χ1) is 32.2. The third kappa shape index (κ3) is 8.36. The molecular formula is C52H60F2N4O10. The van der Waals surface area contributed by atoms with E-state index in [1.807, 2.05) is 42.5 Å². The molecule has 6 aliphatic rings. The zero-order chi connectivity index (χ0) is 48.9. The minimum absolute atomic E-state index is 0.00569. The number of nitrogens with zero attached hydrogens (tertiary/aromatic N) is 1. The molecule has 362 valence electrons. The van der Waals surface area contributed by atoms with Gasteiger partial charge in [-0.2, -0.15) is 0 Å². The lowest BCUT2D eigenvalue weighted by molar-refractivity contribution is -0.235. The fourth-order valence-electron chi connectivity index (χ4n) is 12.0. The Labute approximate surface area is 394 Å². The van der Waals surface area contributed by atoms with E-state index in [0.717, 1.165) is 30.0 Å². The third-order valence-corrected chi connectivity index (χ3v) is 15.6. The van der Waals surface area contributed by atoms with Gasteiger partial charge in [-0.05, 0) is 113 Å². The Morgan fingerprint density at radius 3 is 2.32 bits per heavy atom. The maximum Gasteiger partial charge on any atom is 0.253 e. The summed E-state index contributed by atoms with van der Waals surface area (Å²) < 4.78 is 46.9. The van der Waals surface area contributed by atoms with E-state index in [1.165, 1.54) is 36.1 Å². The molecule has 1 unspecified atom stereocenters. The molecule has 5 N–H and O–H groups in total. The summed E-state index contributed by atoms with van der Waals surface area (Å²) in [7, 11) is 0. The third-order valence-electron chi connectivity index (χ3n) is 15.6. The van der Waals surface area contributed by atoms with Gasteiger partial charge in [-0.25, -0.2) is 8.78 Å². The standard InChI is InChI=1S/C52H60F2N4O10/c1-29(10-7-6-8-21-58-44(63)17-18-45(58)64)55-30(2)46(65)56-31(3)47(66)57-35-12-9-11-33(23-35)22-32-13-15-34(16-14-32)48-67-43-26-37-38-25-40(53)39-24-36(60)19-20-49(39,4)51(38,54)41(61)27-50(37,5)52(43,68-48)42(62)28-59/h9,11-20,23-24,30-31,37-38,40-41,43,48,55,59,61H,1,6-8,10,21-22,25-28H2,2-5H3,(H,56,65)(H,57,66)/t30-,31-,37-,38-,40-,41-,43?,48+,49-,50-,51-,52+/m0/s1. The minimum Gasteiger partial charge on any atom is -0.390 e. The molecule has 4 aliphatic carbocycles. The number of ether oxygens (including phenoxy) is 2. The Kier molecular flexibility index (Phi) is 13.4. The number of fused-ring (bicyclic) bond motifs is 7. The van der Waals surface area contributed by atoms with Crippen molar-refractivity contribution in [3.05, 3.63) is 113 Å². The molecule has 2 aliphatic heterocycles. The summed E-state index contributed by atoms with van der Waals surface area (Å²) in [5, 5.41) is 30.8. The number of anilines is 1. The van der Waals surface area contributed by atoms with Crippen LogP contribution in [0.4, 0.5) is 14.5 Å². The number of nitrogens with one attached hydrogen (secondary N) is 3. The number of amides is 4. The van der Waals surface area contributed by atoms with Crippen LogP contribution in [0, 0.1) is 22.7 Å². The van der Waals surface area contributed by atoms with Gasteiger partial charge in [0.1, 0.15) is 24.9 Å². The van der Waals surface area contributed by atoms with Crippen LogP contribution in [0.1, 0.15) is 95.6 Å². The van der Waals surface area contributed by atoms with Crippen LogP contribution in [0.25, 0.3) is 0 Å². The average Bonchev–Trinajstić information content (AvgIpc) is 3.93. The molecule has 2 heterocycles. The van der Waals surface area contributed by atoms with Crippen LogP contribution in [0.2, 0.25) is 0 Å². The molecule has 4 amide bonds. The smallest absolute Gasteiger partial charge is 0.253 e. The number of carbonyl (C=O) groups excluding carboxylic acids is 6. The highest BCUT2D eigenvalue weighted by Gasteiger charge is 2.80. The van der Waals surface area contributed by atoms with Gasteiger partial charge in [0, 0.05) is 52.4 Å². The summed E-state index contributed by atoms with van der Waals surface area (Å²) in [5.41, 5.74) is -3.34. The highest BCUT2D eigenvalue weighted by atomic mass is 19.1. The summed E-state index contributed by atoms with van der Waals surface area (Å²) in [6, 6.07) is 13.2. The van der Waals surface area contributed by atoms with Crippen LogP contribution in [-0.2, 0) is 44.7 Å². The van der Waals surface area contributed by atoms with Crippen LogP contribution in [0.3, 0.4) is 0 Å². The molecule has 0 aromatic heterocycles. The zero-order valence-corrected chi connectivity index (χ0v) is 38.8. The highest BCUT2D eigenvalue weighted by Crippen LogP contribution is 2.72. The van der Waals surface area contributed by atoms with E-state index < -0.39 is 94.8 Å². The molecule has 14 nitrogen and oxygen atoms in total. The number of benzene rings is 2. The number of aliphatic hydroxyl groups excluding tert-OH is 2. The van der Waals surface area contributed by atoms with Crippen LogP contribution >= 0.6 is 0 Å². The number of imide groups is 1. The second-order valence-corrected chi connectivity index (χ2v) is 19.8. The minimum atomic E-state index is -2.35. The summed E-state index contributed by atoms with van der Waals surface area (Å²) in [5.74, 6) is -4.20. The molecule has 2 aromatic carbocycles. The number of ketones is 2. The first kappa shape index (κ1) is 48.8. The van der Waals surface area contributed by atoms with E-state index in [4.69, 9.17) is 9.47 Å². The van der Waals surface area contributed by atoms with E-state index in [2.05, 4.69) is 22.5 Å². The number of carbonyl (C=O) groups is 6.